The van der Waals surface area contributed by atoms with Gasteiger partial charge >= 0.3 is 0 Å². The van der Waals surface area contributed by atoms with Gasteiger partial charge in [-0.25, -0.2) is 4.98 Å². The summed E-state index contributed by atoms with van der Waals surface area (Å²) in [5.74, 6) is 0.743. The Kier molecular flexibility index (Phi) is 3.98. The molecule has 1 aliphatic rings. The molecule has 1 aliphatic heterocycles. The zero-order valence-electron chi connectivity index (χ0n) is 13.1. The first kappa shape index (κ1) is 14.8. The summed E-state index contributed by atoms with van der Waals surface area (Å²) in [7, 11) is 0. The van der Waals surface area contributed by atoms with Crippen LogP contribution in [0.2, 0.25) is 0 Å². The van der Waals surface area contributed by atoms with Crippen LogP contribution in [0.3, 0.4) is 0 Å². The lowest BCUT2D eigenvalue weighted by molar-refractivity contribution is -0.00697. The minimum atomic E-state index is -0.175. The van der Waals surface area contributed by atoms with Crippen LogP contribution in [0.25, 0.3) is 0 Å². The molecule has 0 bridgehead atoms. The summed E-state index contributed by atoms with van der Waals surface area (Å²) < 4.78 is 5.73. The van der Waals surface area contributed by atoms with Crippen molar-refractivity contribution in [1.29, 1.82) is 0 Å². The van der Waals surface area contributed by atoms with Gasteiger partial charge in [-0.3, -0.25) is 9.89 Å². The van der Waals surface area contributed by atoms with Gasteiger partial charge in [-0.15, -0.1) is 0 Å². The van der Waals surface area contributed by atoms with E-state index in [0.29, 0.717) is 18.7 Å². The van der Waals surface area contributed by atoms with E-state index in [2.05, 4.69) is 25.5 Å². The standard InChI is InChI=1S/C15H21N5O2/c1-4-12-16-6-10(18-12)7-17-15(21)14-11-5-8(2)22-9(3)13(11)19-20-14/h6,8-9H,4-5,7H2,1-3H3,(H,16,18)(H,17,21)(H,19,20)/t8-,9+/m0/s1. The summed E-state index contributed by atoms with van der Waals surface area (Å²) >= 11 is 0. The van der Waals surface area contributed by atoms with Crippen LogP contribution in [-0.2, 0) is 24.1 Å². The molecule has 3 rings (SSSR count). The van der Waals surface area contributed by atoms with Crippen LogP contribution in [0.15, 0.2) is 6.20 Å². The molecular weight excluding hydrogens is 282 g/mol. The molecule has 0 aliphatic carbocycles. The van der Waals surface area contributed by atoms with Gasteiger partial charge in [0, 0.05) is 18.4 Å². The number of aromatic amines is 2. The number of nitrogens with one attached hydrogen (secondary N) is 3. The van der Waals surface area contributed by atoms with Crippen molar-refractivity contribution in [3.8, 4) is 0 Å². The molecule has 0 radical (unpaired) electrons. The smallest absolute Gasteiger partial charge is 0.272 e. The van der Waals surface area contributed by atoms with Crippen molar-refractivity contribution in [3.63, 3.8) is 0 Å². The maximum atomic E-state index is 12.4. The third-order valence-electron chi connectivity index (χ3n) is 3.90. The Morgan fingerprint density at radius 1 is 1.50 bits per heavy atom. The van der Waals surface area contributed by atoms with E-state index in [0.717, 1.165) is 29.2 Å². The molecule has 2 atom stereocenters. The van der Waals surface area contributed by atoms with E-state index in [-0.39, 0.29) is 18.1 Å². The van der Waals surface area contributed by atoms with Gasteiger partial charge in [0.1, 0.15) is 5.82 Å². The number of hydrogen-bond donors (Lipinski definition) is 3. The fourth-order valence-electron chi connectivity index (χ4n) is 2.80. The summed E-state index contributed by atoms with van der Waals surface area (Å²) in [4.78, 5) is 19.8. The van der Waals surface area contributed by atoms with E-state index >= 15 is 0 Å². The third kappa shape index (κ3) is 2.76. The van der Waals surface area contributed by atoms with Gasteiger partial charge in [-0.2, -0.15) is 5.10 Å². The molecule has 118 valence electrons. The van der Waals surface area contributed by atoms with Crippen LogP contribution in [0, 0.1) is 0 Å². The summed E-state index contributed by atoms with van der Waals surface area (Å²) in [5, 5.41) is 9.99. The third-order valence-corrected chi connectivity index (χ3v) is 3.90. The molecule has 0 unspecified atom stereocenters. The lowest BCUT2D eigenvalue weighted by atomic mass is 9.99. The molecule has 0 aromatic carbocycles. The summed E-state index contributed by atoms with van der Waals surface area (Å²) in [6.45, 7) is 6.41. The molecule has 2 aromatic rings. The number of aromatic nitrogens is 4. The van der Waals surface area contributed by atoms with E-state index in [1.54, 1.807) is 6.20 Å². The maximum absolute atomic E-state index is 12.4. The van der Waals surface area contributed by atoms with Gasteiger partial charge in [0.25, 0.3) is 5.91 Å². The molecule has 7 heteroatoms. The number of amides is 1. The topological polar surface area (TPSA) is 95.7 Å². The number of imidazole rings is 1. The molecule has 0 saturated heterocycles. The fraction of sp³-hybridized carbons (Fsp3) is 0.533. The highest BCUT2D eigenvalue weighted by molar-refractivity contribution is 5.94. The molecule has 7 nitrogen and oxygen atoms in total. The first-order valence-corrected chi connectivity index (χ1v) is 7.62. The van der Waals surface area contributed by atoms with Gasteiger partial charge in [0.05, 0.1) is 36.3 Å². The molecule has 22 heavy (non-hydrogen) atoms. The maximum Gasteiger partial charge on any atom is 0.272 e. The number of aryl methyl sites for hydroxylation is 1. The SMILES string of the molecule is CCc1ncc(CNC(=O)c2n[nH]c3c2C[C@H](C)O[C@@H]3C)[nH]1. The number of carbonyl (C=O) groups is 1. The van der Waals surface area contributed by atoms with Gasteiger partial charge in [0.15, 0.2) is 5.69 Å². The molecule has 1 amide bonds. The summed E-state index contributed by atoms with van der Waals surface area (Å²) in [6, 6.07) is 0. The van der Waals surface area contributed by atoms with E-state index in [4.69, 9.17) is 4.74 Å². The fourth-order valence-corrected chi connectivity index (χ4v) is 2.80. The van der Waals surface area contributed by atoms with Crippen LogP contribution in [0.5, 0.6) is 0 Å². The van der Waals surface area contributed by atoms with Crippen molar-refractivity contribution in [2.75, 3.05) is 0 Å². The molecule has 0 fully saturated rings. The van der Waals surface area contributed by atoms with E-state index in [1.807, 2.05) is 20.8 Å². The highest BCUT2D eigenvalue weighted by Gasteiger charge is 2.29. The minimum absolute atomic E-state index is 0.0625. The normalized spacial score (nSPS) is 20.7. The molecule has 3 N–H and O–H groups in total. The van der Waals surface area contributed by atoms with Crippen LogP contribution in [0.4, 0.5) is 0 Å². The number of carbonyl (C=O) groups excluding carboxylic acids is 1. The van der Waals surface area contributed by atoms with E-state index in [1.165, 1.54) is 0 Å². The second kappa shape index (κ2) is 5.92. The van der Waals surface area contributed by atoms with Crippen molar-refractivity contribution < 1.29 is 9.53 Å². The number of fused-ring (bicyclic) bond motifs is 1. The molecule has 2 aromatic heterocycles. The van der Waals surface area contributed by atoms with Crippen LogP contribution in [0.1, 0.15) is 60.1 Å². The number of ether oxygens (including phenoxy) is 1. The van der Waals surface area contributed by atoms with E-state index < -0.39 is 0 Å². The average molecular weight is 303 g/mol. The zero-order chi connectivity index (χ0) is 15.7. The Hall–Kier alpha value is -2.15. The zero-order valence-corrected chi connectivity index (χ0v) is 13.1. The monoisotopic (exact) mass is 303 g/mol. The highest BCUT2D eigenvalue weighted by atomic mass is 16.5. The van der Waals surface area contributed by atoms with Gasteiger partial charge in [-0.05, 0) is 13.8 Å². The number of nitrogens with zero attached hydrogens (tertiary/aromatic N) is 2. The Morgan fingerprint density at radius 3 is 3.05 bits per heavy atom. The first-order valence-electron chi connectivity index (χ1n) is 7.62. The second-order valence-electron chi connectivity index (χ2n) is 5.65. The Balaban J connectivity index is 1.70. The average Bonchev–Trinajstić information content (AvgIpc) is 3.11. The van der Waals surface area contributed by atoms with Crippen LogP contribution in [-0.4, -0.2) is 32.2 Å². The first-order chi connectivity index (χ1) is 10.6. The van der Waals surface area contributed by atoms with Crippen LogP contribution < -0.4 is 5.32 Å². The summed E-state index contributed by atoms with van der Waals surface area (Å²) in [5.41, 5.74) is 3.22. The Morgan fingerprint density at radius 2 is 2.32 bits per heavy atom. The van der Waals surface area contributed by atoms with E-state index in [9.17, 15) is 4.79 Å². The van der Waals surface area contributed by atoms with Crippen molar-refractivity contribution in [1.82, 2.24) is 25.5 Å². The lowest BCUT2D eigenvalue weighted by Crippen LogP contribution is -2.27. The highest BCUT2D eigenvalue weighted by Crippen LogP contribution is 2.29. The Labute approximate surface area is 128 Å². The van der Waals surface area contributed by atoms with Crippen molar-refractivity contribution in [3.05, 3.63) is 34.7 Å². The second-order valence-corrected chi connectivity index (χ2v) is 5.65. The lowest BCUT2D eigenvalue weighted by Gasteiger charge is -2.25. The minimum Gasteiger partial charge on any atom is -0.369 e. The predicted molar refractivity (Wildman–Crippen MR) is 80.4 cm³/mol. The number of H-pyrrole nitrogens is 2. The molecule has 0 saturated carbocycles. The summed E-state index contributed by atoms with van der Waals surface area (Å²) in [6.07, 6.45) is 3.32. The molecular formula is C15H21N5O2. The predicted octanol–water partition coefficient (Wildman–Crippen LogP) is 1.65. The molecule has 0 spiro atoms. The quantitative estimate of drug-likeness (QED) is 0.800. The van der Waals surface area contributed by atoms with Crippen molar-refractivity contribution in [2.24, 2.45) is 0 Å². The van der Waals surface area contributed by atoms with Gasteiger partial charge in [0.2, 0.25) is 0 Å². The Bertz CT molecular complexity index is 675. The molecule has 3 heterocycles. The van der Waals surface area contributed by atoms with Gasteiger partial charge < -0.3 is 15.0 Å². The van der Waals surface area contributed by atoms with Gasteiger partial charge in [-0.1, -0.05) is 6.92 Å². The largest absolute Gasteiger partial charge is 0.369 e. The number of hydrogen-bond acceptors (Lipinski definition) is 4. The van der Waals surface area contributed by atoms with Crippen molar-refractivity contribution in [2.45, 2.75) is 52.4 Å². The van der Waals surface area contributed by atoms with Crippen LogP contribution >= 0.6 is 0 Å². The number of rotatable bonds is 4. The van der Waals surface area contributed by atoms with Crippen molar-refractivity contribution >= 4 is 5.91 Å².